The fraction of sp³-hybridized carbons (Fsp3) is 0.188. The summed E-state index contributed by atoms with van der Waals surface area (Å²) >= 11 is 0. The topological polar surface area (TPSA) is 40.7 Å². The van der Waals surface area contributed by atoms with Crippen molar-refractivity contribution in [3.63, 3.8) is 0 Å². The summed E-state index contributed by atoms with van der Waals surface area (Å²) in [5.41, 5.74) is 5.67. The monoisotopic (exact) mass is 251 g/mol. The van der Waals surface area contributed by atoms with Crippen LogP contribution in [0.15, 0.2) is 42.5 Å². The van der Waals surface area contributed by atoms with E-state index in [0.717, 1.165) is 29.0 Å². The van der Waals surface area contributed by atoms with E-state index in [2.05, 4.69) is 64.7 Å². The van der Waals surface area contributed by atoms with Crippen molar-refractivity contribution in [3.05, 3.63) is 48.3 Å². The minimum Gasteiger partial charge on any atom is -0.388 e. The number of rotatable bonds is 3. The molecule has 3 rings (SSSR count). The van der Waals surface area contributed by atoms with Crippen LogP contribution in [0.1, 0.15) is 12.7 Å². The normalized spacial score (nSPS) is 10.8. The summed E-state index contributed by atoms with van der Waals surface area (Å²) in [5.74, 6) is 1.04. The van der Waals surface area contributed by atoms with Crippen LogP contribution < -0.4 is 5.32 Å². The summed E-state index contributed by atoms with van der Waals surface area (Å²) in [6.07, 6.45) is 0.930. The first-order chi connectivity index (χ1) is 9.30. The Labute approximate surface area is 112 Å². The van der Waals surface area contributed by atoms with Gasteiger partial charge in [0, 0.05) is 19.2 Å². The lowest BCUT2D eigenvalue weighted by Crippen LogP contribution is -1.87. The molecule has 0 saturated heterocycles. The first-order valence-corrected chi connectivity index (χ1v) is 6.57. The number of fused-ring (bicyclic) bond motifs is 1. The lowest BCUT2D eigenvalue weighted by molar-refractivity contribution is 1.00. The van der Waals surface area contributed by atoms with Gasteiger partial charge in [-0.15, -0.1) is 0 Å². The Morgan fingerprint density at radius 1 is 1.11 bits per heavy atom. The van der Waals surface area contributed by atoms with Crippen LogP contribution in [0, 0.1) is 0 Å². The molecule has 0 saturated carbocycles. The molecular weight excluding hydrogens is 234 g/mol. The molecule has 0 aliphatic heterocycles. The van der Waals surface area contributed by atoms with Gasteiger partial charge in [-0.3, -0.25) is 0 Å². The maximum atomic E-state index is 4.53. The van der Waals surface area contributed by atoms with E-state index in [1.165, 1.54) is 11.1 Å². The number of anilines is 1. The van der Waals surface area contributed by atoms with Gasteiger partial charge in [-0.25, -0.2) is 4.98 Å². The summed E-state index contributed by atoms with van der Waals surface area (Å²) in [5, 5.41) is 3.17. The minimum atomic E-state index is 0.930. The summed E-state index contributed by atoms with van der Waals surface area (Å²) in [6.45, 7) is 2.11. The number of hydrogen-bond acceptors (Lipinski definition) is 2. The van der Waals surface area contributed by atoms with Crippen molar-refractivity contribution >= 4 is 16.7 Å². The first-order valence-electron chi connectivity index (χ1n) is 6.57. The second-order valence-electron chi connectivity index (χ2n) is 4.60. The van der Waals surface area contributed by atoms with Crippen molar-refractivity contribution in [1.29, 1.82) is 0 Å². The molecule has 0 bridgehead atoms. The molecule has 3 heteroatoms. The third-order valence-corrected chi connectivity index (χ3v) is 3.35. The Kier molecular flexibility index (Phi) is 2.95. The zero-order valence-corrected chi connectivity index (χ0v) is 11.2. The number of aromatic nitrogens is 2. The molecule has 0 fully saturated rings. The van der Waals surface area contributed by atoms with Gasteiger partial charge in [-0.05, 0) is 35.4 Å². The molecule has 1 heterocycles. The van der Waals surface area contributed by atoms with Gasteiger partial charge < -0.3 is 10.3 Å². The van der Waals surface area contributed by atoms with E-state index in [1.54, 1.807) is 0 Å². The molecule has 3 aromatic rings. The molecule has 0 aliphatic carbocycles. The van der Waals surface area contributed by atoms with Gasteiger partial charge in [0.15, 0.2) is 0 Å². The van der Waals surface area contributed by atoms with Gasteiger partial charge in [-0.1, -0.05) is 25.1 Å². The van der Waals surface area contributed by atoms with E-state index in [0.29, 0.717) is 0 Å². The van der Waals surface area contributed by atoms with Gasteiger partial charge >= 0.3 is 0 Å². The predicted octanol–water partition coefficient (Wildman–Crippen LogP) is 3.83. The number of aryl methyl sites for hydroxylation is 1. The van der Waals surface area contributed by atoms with Crippen molar-refractivity contribution in [1.82, 2.24) is 9.97 Å². The molecule has 0 aliphatic rings. The molecule has 3 nitrogen and oxygen atoms in total. The fourth-order valence-corrected chi connectivity index (χ4v) is 2.26. The molecule has 0 unspecified atom stereocenters. The summed E-state index contributed by atoms with van der Waals surface area (Å²) in [6, 6.07) is 14.8. The summed E-state index contributed by atoms with van der Waals surface area (Å²) in [7, 11) is 1.94. The molecule has 1 aromatic heterocycles. The largest absolute Gasteiger partial charge is 0.388 e. The molecule has 0 amide bonds. The van der Waals surface area contributed by atoms with Gasteiger partial charge in [0.1, 0.15) is 5.82 Å². The molecule has 2 aromatic carbocycles. The maximum absolute atomic E-state index is 4.53. The van der Waals surface area contributed by atoms with Crippen molar-refractivity contribution in [2.45, 2.75) is 13.3 Å². The lowest BCUT2D eigenvalue weighted by atomic mass is 10.0. The highest BCUT2D eigenvalue weighted by atomic mass is 14.9. The number of hydrogen-bond donors (Lipinski definition) is 2. The van der Waals surface area contributed by atoms with Gasteiger partial charge in [0.2, 0.25) is 0 Å². The molecule has 0 spiro atoms. The zero-order chi connectivity index (χ0) is 13.2. The number of nitrogens with one attached hydrogen (secondary N) is 2. The quantitative estimate of drug-likeness (QED) is 0.742. The number of imidazole rings is 1. The molecular formula is C16H17N3. The maximum Gasteiger partial charge on any atom is 0.106 e. The van der Waals surface area contributed by atoms with Crippen LogP contribution in [-0.4, -0.2) is 17.0 Å². The first kappa shape index (κ1) is 11.8. The number of aromatic amines is 1. The Morgan fingerprint density at radius 2 is 1.95 bits per heavy atom. The average molecular weight is 251 g/mol. The SMILES string of the molecule is CCc1nc2ccc(-c3cccc(NC)c3)cc2[nH]1. The summed E-state index contributed by atoms with van der Waals surface area (Å²) in [4.78, 5) is 7.89. The minimum absolute atomic E-state index is 0.930. The summed E-state index contributed by atoms with van der Waals surface area (Å²) < 4.78 is 0. The van der Waals surface area contributed by atoms with Crippen LogP contribution >= 0.6 is 0 Å². The second kappa shape index (κ2) is 4.76. The highest BCUT2D eigenvalue weighted by Crippen LogP contribution is 2.25. The Morgan fingerprint density at radius 3 is 2.74 bits per heavy atom. The Balaban J connectivity index is 2.08. The van der Waals surface area contributed by atoms with Crippen molar-refractivity contribution in [3.8, 4) is 11.1 Å². The van der Waals surface area contributed by atoms with Gasteiger partial charge in [-0.2, -0.15) is 0 Å². The molecule has 96 valence electrons. The highest BCUT2D eigenvalue weighted by Gasteiger charge is 2.04. The average Bonchev–Trinajstić information content (AvgIpc) is 2.89. The molecule has 19 heavy (non-hydrogen) atoms. The Hall–Kier alpha value is -2.29. The third kappa shape index (κ3) is 2.19. The molecule has 0 radical (unpaired) electrons. The van der Waals surface area contributed by atoms with Crippen LogP contribution in [0.3, 0.4) is 0 Å². The second-order valence-corrected chi connectivity index (χ2v) is 4.60. The number of benzene rings is 2. The van der Waals surface area contributed by atoms with Gasteiger partial charge in [0.05, 0.1) is 11.0 Å². The zero-order valence-electron chi connectivity index (χ0n) is 11.2. The Bertz CT molecular complexity index is 713. The van der Waals surface area contributed by atoms with Crippen LogP contribution in [0.5, 0.6) is 0 Å². The van der Waals surface area contributed by atoms with Crippen LogP contribution in [0.25, 0.3) is 22.2 Å². The highest BCUT2D eigenvalue weighted by molar-refractivity contribution is 5.82. The third-order valence-electron chi connectivity index (χ3n) is 3.35. The standard InChI is InChI=1S/C16H17N3/c1-3-16-18-14-8-7-12(10-15(14)19-16)11-5-4-6-13(9-11)17-2/h4-10,17H,3H2,1-2H3,(H,18,19). The predicted molar refractivity (Wildman–Crippen MR) is 80.5 cm³/mol. The molecule has 2 N–H and O–H groups in total. The van der Waals surface area contributed by atoms with Crippen molar-refractivity contribution in [2.24, 2.45) is 0 Å². The fourth-order valence-electron chi connectivity index (χ4n) is 2.26. The van der Waals surface area contributed by atoms with E-state index in [4.69, 9.17) is 0 Å². The van der Waals surface area contributed by atoms with E-state index in [9.17, 15) is 0 Å². The van der Waals surface area contributed by atoms with Crippen LogP contribution in [0.2, 0.25) is 0 Å². The van der Waals surface area contributed by atoms with Crippen molar-refractivity contribution < 1.29 is 0 Å². The van der Waals surface area contributed by atoms with E-state index in [1.807, 2.05) is 7.05 Å². The lowest BCUT2D eigenvalue weighted by Gasteiger charge is -2.05. The van der Waals surface area contributed by atoms with Crippen molar-refractivity contribution in [2.75, 3.05) is 12.4 Å². The number of nitrogens with zero attached hydrogens (tertiary/aromatic N) is 1. The van der Waals surface area contributed by atoms with Crippen LogP contribution in [-0.2, 0) is 6.42 Å². The van der Waals surface area contributed by atoms with E-state index < -0.39 is 0 Å². The number of H-pyrrole nitrogens is 1. The van der Waals surface area contributed by atoms with Crippen LogP contribution in [0.4, 0.5) is 5.69 Å². The smallest absolute Gasteiger partial charge is 0.106 e. The van der Waals surface area contributed by atoms with E-state index in [-0.39, 0.29) is 0 Å². The van der Waals surface area contributed by atoms with Gasteiger partial charge in [0.25, 0.3) is 0 Å². The van der Waals surface area contributed by atoms with E-state index >= 15 is 0 Å². The molecule has 0 atom stereocenters.